The number of nitrogens with zero attached hydrogens (tertiary/aromatic N) is 4. The molecule has 1 amide bonds. The van der Waals surface area contributed by atoms with E-state index in [0.29, 0.717) is 35.3 Å². The molecule has 3 aromatic carbocycles. The van der Waals surface area contributed by atoms with Gasteiger partial charge in [0, 0.05) is 44.4 Å². The summed E-state index contributed by atoms with van der Waals surface area (Å²) in [7, 11) is -2.18. The Balaban J connectivity index is 1.40. The van der Waals surface area contributed by atoms with Crippen LogP contribution in [-0.2, 0) is 16.6 Å². The van der Waals surface area contributed by atoms with Gasteiger partial charge in [0.2, 0.25) is 16.8 Å². The first-order valence-corrected chi connectivity index (χ1v) is 15.4. The summed E-state index contributed by atoms with van der Waals surface area (Å²) in [6.07, 6.45) is 0. The van der Waals surface area contributed by atoms with Gasteiger partial charge >= 0.3 is 0 Å². The highest BCUT2D eigenvalue weighted by atomic mass is 32.2. The number of likely N-dealkylation sites (N-methyl/N-ethyl adjacent to an activating group) is 1. The Morgan fingerprint density at radius 1 is 0.950 bits per heavy atom. The SMILES string of the molecule is CCN(CC)CCN(C(=O)c1ccc(S(=O)(=O)N(C)Cc2ccccc2)cc1)c1nc2cc3c(cc2s1)OCO3. The number of sulfonamides is 1. The maximum absolute atomic E-state index is 13.8. The van der Waals surface area contributed by atoms with Gasteiger partial charge in [0.15, 0.2) is 16.6 Å². The second-order valence-corrected chi connectivity index (χ2v) is 12.5. The first-order valence-electron chi connectivity index (χ1n) is 13.1. The highest BCUT2D eigenvalue weighted by molar-refractivity contribution is 7.89. The van der Waals surface area contributed by atoms with Crippen molar-refractivity contribution in [2.24, 2.45) is 0 Å². The summed E-state index contributed by atoms with van der Waals surface area (Å²) in [6, 6.07) is 19.3. The van der Waals surface area contributed by atoms with Crippen LogP contribution in [0.3, 0.4) is 0 Å². The van der Waals surface area contributed by atoms with Crippen LogP contribution in [0.1, 0.15) is 29.8 Å². The minimum atomic E-state index is -3.74. The molecule has 40 heavy (non-hydrogen) atoms. The molecule has 0 bridgehead atoms. The van der Waals surface area contributed by atoms with E-state index in [9.17, 15) is 13.2 Å². The number of ether oxygens (including phenoxy) is 2. The number of anilines is 1. The fourth-order valence-corrected chi connectivity index (χ4v) is 6.68. The van der Waals surface area contributed by atoms with Crippen molar-refractivity contribution in [2.45, 2.75) is 25.3 Å². The molecule has 0 aliphatic carbocycles. The molecular formula is C29H32N4O5S2. The number of fused-ring (bicyclic) bond motifs is 2. The Morgan fingerprint density at radius 2 is 1.62 bits per heavy atom. The zero-order chi connectivity index (χ0) is 28.3. The lowest BCUT2D eigenvalue weighted by Gasteiger charge is -2.25. The largest absolute Gasteiger partial charge is 0.454 e. The smallest absolute Gasteiger partial charge is 0.260 e. The molecular weight excluding hydrogens is 548 g/mol. The number of amides is 1. The van der Waals surface area contributed by atoms with Crippen LogP contribution in [0, 0.1) is 0 Å². The molecule has 11 heteroatoms. The van der Waals surface area contributed by atoms with E-state index in [1.54, 1.807) is 24.1 Å². The van der Waals surface area contributed by atoms with Crippen LogP contribution >= 0.6 is 11.3 Å². The monoisotopic (exact) mass is 580 g/mol. The third kappa shape index (κ3) is 5.83. The third-order valence-corrected chi connectivity index (χ3v) is 9.80. The predicted molar refractivity (Wildman–Crippen MR) is 157 cm³/mol. The summed E-state index contributed by atoms with van der Waals surface area (Å²) in [6.45, 7) is 7.44. The van der Waals surface area contributed by atoms with Gasteiger partial charge in [0.25, 0.3) is 5.91 Å². The quantitative estimate of drug-likeness (QED) is 0.251. The van der Waals surface area contributed by atoms with Crippen molar-refractivity contribution in [3.63, 3.8) is 0 Å². The van der Waals surface area contributed by atoms with Crippen LogP contribution in [0.25, 0.3) is 10.2 Å². The summed E-state index contributed by atoms with van der Waals surface area (Å²) in [5.74, 6) is 1.06. The Hall–Kier alpha value is -3.51. The molecule has 1 aromatic heterocycles. The van der Waals surface area contributed by atoms with Gasteiger partial charge in [-0.1, -0.05) is 55.5 Å². The first kappa shape index (κ1) is 28.0. The molecule has 5 rings (SSSR count). The first-order chi connectivity index (χ1) is 19.3. The van der Waals surface area contributed by atoms with Gasteiger partial charge in [-0.05, 0) is 42.9 Å². The standard InChI is InChI=1S/C29H32N4O5S2/c1-4-32(5-2)15-16-33(29-30-24-17-25-26(38-20-37-25)18-27(24)39-29)28(34)22-11-13-23(14-12-22)40(35,36)31(3)19-21-9-7-6-8-10-21/h6-14,17-18H,4-5,15-16,19-20H2,1-3H3. The fraction of sp³-hybridized carbons (Fsp3) is 0.310. The van der Waals surface area contributed by atoms with Crippen LogP contribution in [0.5, 0.6) is 11.5 Å². The van der Waals surface area contributed by atoms with Gasteiger partial charge in [-0.3, -0.25) is 9.69 Å². The molecule has 1 aliphatic rings. The lowest BCUT2D eigenvalue weighted by Crippen LogP contribution is -2.38. The summed E-state index contributed by atoms with van der Waals surface area (Å²) < 4.78 is 39.6. The molecule has 4 aromatic rings. The lowest BCUT2D eigenvalue weighted by molar-refractivity contribution is 0.0983. The van der Waals surface area contributed by atoms with Crippen LogP contribution in [0.15, 0.2) is 71.6 Å². The molecule has 2 heterocycles. The number of carbonyl (C=O) groups is 1. The van der Waals surface area contributed by atoms with Crippen LogP contribution < -0.4 is 14.4 Å². The molecule has 0 atom stereocenters. The number of hydrogen-bond acceptors (Lipinski definition) is 8. The van der Waals surface area contributed by atoms with Gasteiger partial charge in [0.05, 0.1) is 15.1 Å². The maximum atomic E-state index is 13.8. The number of benzene rings is 3. The summed E-state index contributed by atoms with van der Waals surface area (Å²) in [5.41, 5.74) is 2.01. The zero-order valence-corrected chi connectivity index (χ0v) is 24.4. The van der Waals surface area contributed by atoms with Crippen LogP contribution in [0.2, 0.25) is 0 Å². The Labute approximate surface area is 238 Å². The Morgan fingerprint density at radius 3 is 2.30 bits per heavy atom. The summed E-state index contributed by atoms with van der Waals surface area (Å²) >= 11 is 1.41. The number of rotatable bonds is 11. The van der Waals surface area contributed by atoms with Gasteiger partial charge in [0.1, 0.15) is 0 Å². The van der Waals surface area contributed by atoms with Crippen molar-refractivity contribution >= 4 is 42.6 Å². The van der Waals surface area contributed by atoms with Crippen molar-refractivity contribution < 1.29 is 22.7 Å². The van der Waals surface area contributed by atoms with Crippen molar-refractivity contribution in [1.82, 2.24) is 14.2 Å². The fourth-order valence-electron chi connectivity index (χ4n) is 4.52. The van der Waals surface area contributed by atoms with Gasteiger partial charge in [-0.25, -0.2) is 13.4 Å². The van der Waals surface area contributed by atoms with E-state index in [-0.39, 0.29) is 24.1 Å². The second-order valence-electron chi connectivity index (χ2n) is 9.42. The third-order valence-electron chi connectivity index (χ3n) is 6.94. The predicted octanol–water partition coefficient (Wildman–Crippen LogP) is 4.83. The lowest BCUT2D eigenvalue weighted by atomic mass is 10.2. The Bertz CT molecular complexity index is 1550. The summed E-state index contributed by atoms with van der Waals surface area (Å²) in [5, 5.41) is 0.565. The second kappa shape index (κ2) is 11.9. The zero-order valence-electron chi connectivity index (χ0n) is 22.7. The number of thiazole rings is 1. The average molecular weight is 581 g/mol. The van der Waals surface area contributed by atoms with Crippen molar-refractivity contribution in [3.05, 3.63) is 77.9 Å². The van der Waals surface area contributed by atoms with E-state index in [1.165, 1.54) is 27.8 Å². The van der Waals surface area contributed by atoms with Gasteiger partial charge in [-0.2, -0.15) is 4.31 Å². The highest BCUT2D eigenvalue weighted by Crippen LogP contribution is 2.40. The van der Waals surface area contributed by atoms with E-state index >= 15 is 0 Å². The van der Waals surface area contributed by atoms with E-state index in [0.717, 1.165) is 28.9 Å². The van der Waals surface area contributed by atoms with E-state index in [1.807, 2.05) is 42.5 Å². The number of aromatic nitrogens is 1. The molecule has 0 saturated heterocycles. The molecule has 0 saturated carbocycles. The molecule has 0 N–H and O–H groups in total. The number of hydrogen-bond donors (Lipinski definition) is 0. The minimum absolute atomic E-state index is 0.131. The minimum Gasteiger partial charge on any atom is -0.454 e. The molecule has 0 radical (unpaired) electrons. The molecule has 9 nitrogen and oxygen atoms in total. The molecule has 1 aliphatic heterocycles. The average Bonchev–Trinajstić information content (AvgIpc) is 3.60. The maximum Gasteiger partial charge on any atom is 0.260 e. The molecule has 0 spiro atoms. The van der Waals surface area contributed by atoms with Crippen molar-refractivity contribution in [3.8, 4) is 11.5 Å². The van der Waals surface area contributed by atoms with Crippen LogP contribution in [0.4, 0.5) is 5.13 Å². The Kier molecular flexibility index (Phi) is 8.36. The van der Waals surface area contributed by atoms with E-state index in [2.05, 4.69) is 18.7 Å². The van der Waals surface area contributed by atoms with E-state index in [4.69, 9.17) is 14.5 Å². The van der Waals surface area contributed by atoms with E-state index < -0.39 is 10.0 Å². The molecule has 0 unspecified atom stereocenters. The van der Waals surface area contributed by atoms with Gasteiger partial charge in [-0.15, -0.1) is 0 Å². The highest BCUT2D eigenvalue weighted by Gasteiger charge is 2.26. The normalized spacial score (nSPS) is 12.9. The van der Waals surface area contributed by atoms with Crippen molar-refractivity contribution in [2.75, 3.05) is 44.9 Å². The van der Waals surface area contributed by atoms with Gasteiger partial charge < -0.3 is 14.4 Å². The molecule has 210 valence electrons. The van der Waals surface area contributed by atoms with Crippen LogP contribution in [-0.4, -0.2) is 68.5 Å². The summed E-state index contributed by atoms with van der Waals surface area (Å²) in [4.78, 5) is 22.6. The van der Waals surface area contributed by atoms with Crippen molar-refractivity contribution in [1.29, 1.82) is 0 Å². The molecule has 0 fully saturated rings. The number of carbonyl (C=O) groups excluding carboxylic acids is 1. The topological polar surface area (TPSA) is 92.3 Å².